The smallest absolute Gasteiger partial charge is 0.330 e. The minimum atomic E-state index is -0.275. The van der Waals surface area contributed by atoms with Gasteiger partial charge >= 0.3 is 5.97 Å². The molecule has 1 aromatic carbocycles. The van der Waals surface area contributed by atoms with Crippen LogP contribution in [0.15, 0.2) is 30.9 Å². The second-order valence-electron chi connectivity index (χ2n) is 9.88. The van der Waals surface area contributed by atoms with E-state index in [9.17, 15) is 9.90 Å². The number of rotatable bonds is 6. The summed E-state index contributed by atoms with van der Waals surface area (Å²) < 4.78 is 5.84. The van der Waals surface area contributed by atoms with E-state index in [1.54, 1.807) is 0 Å². The van der Waals surface area contributed by atoms with Crippen molar-refractivity contribution in [3.63, 3.8) is 0 Å². The Balaban J connectivity index is 1.65. The topological polar surface area (TPSA) is 46.5 Å². The van der Waals surface area contributed by atoms with Crippen molar-refractivity contribution in [2.75, 3.05) is 0 Å². The normalized spacial score (nSPS) is 35.3. The van der Waals surface area contributed by atoms with Gasteiger partial charge in [-0.1, -0.05) is 45.8 Å². The van der Waals surface area contributed by atoms with E-state index in [4.69, 9.17) is 4.74 Å². The number of fused-ring (bicyclic) bond motifs is 5. The highest BCUT2D eigenvalue weighted by Crippen LogP contribution is 2.63. The van der Waals surface area contributed by atoms with E-state index in [1.165, 1.54) is 42.9 Å². The molecular weight excluding hydrogens is 360 g/mol. The van der Waals surface area contributed by atoms with Crippen LogP contribution in [-0.4, -0.2) is 17.2 Å². The molecule has 0 radical (unpaired) electrons. The Bertz CT molecular complexity index is 769. The average Bonchev–Trinajstić information content (AvgIpc) is 3.03. The fourth-order valence-corrected chi connectivity index (χ4v) is 7.05. The largest absolute Gasteiger partial charge is 0.508 e. The van der Waals surface area contributed by atoms with Gasteiger partial charge in [0, 0.05) is 11.5 Å². The first kappa shape index (κ1) is 20.5. The predicted molar refractivity (Wildman–Crippen MR) is 116 cm³/mol. The van der Waals surface area contributed by atoms with Crippen molar-refractivity contribution in [3.8, 4) is 5.75 Å². The maximum Gasteiger partial charge on any atom is 0.330 e. The Morgan fingerprint density at radius 1 is 1.31 bits per heavy atom. The molecule has 3 nitrogen and oxygen atoms in total. The Kier molecular flexibility index (Phi) is 5.77. The van der Waals surface area contributed by atoms with Gasteiger partial charge in [0.1, 0.15) is 11.9 Å². The van der Waals surface area contributed by atoms with E-state index in [1.807, 2.05) is 12.1 Å². The van der Waals surface area contributed by atoms with Gasteiger partial charge in [-0.2, -0.15) is 0 Å². The van der Waals surface area contributed by atoms with Crippen molar-refractivity contribution >= 4 is 5.97 Å². The zero-order valence-corrected chi connectivity index (χ0v) is 18.0. The van der Waals surface area contributed by atoms with Gasteiger partial charge in [-0.05, 0) is 85.5 Å². The van der Waals surface area contributed by atoms with Gasteiger partial charge in [0.15, 0.2) is 0 Å². The SMILES string of the molecule is C=CC(=O)OC1CCC2C3C(CCCCC)Cc4cc(O)ccc4C3CCC12C. The highest BCUT2D eigenvalue weighted by atomic mass is 16.5. The zero-order valence-electron chi connectivity index (χ0n) is 18.0. The summed E-state index contributed by atoms with van der Waals surface area (Å²) >= 11 is 0. The molecule has 0 spiro atoms. The van der Waals surface area contributed by atoms with Crippen molar-refractivity contribution in [2.45, 2.75) is 83.7 Å². The quantitative estimate of drug-likeness (QED) is 0.356. The first-order valence-electron chi connectivity index (χ1n) is 11.6. The van der Waals surface area contributed by atoms with Crippen molar-refractivity contribution in [2.24, 2.45) is 23.2 Å². The third-order valence-corrected chi connectivity index (χ3v) is 8.40. The lowest BCUT2D eigenvalue weighted by Gasteiger charge is -2.53. The Labute approximate surface area is 175 Å². The molecule has 4 rings (SSSR count). The zero-order chi connectivity index (χ0) is 20.6. The van der Waals surface area contributed by atoms with E-state index >= 15 is 0 Å². The molecule has 1 aromatic rings. The second kappa shape index (κ2) is 8.16. The van der Waals surface area contributed by atoms with E-state index in [2.05, 4.69) is 26.5 Å². The molecule has 0 heterocycles. The van der Waals surface area contributed by atoms with Crippen LogP contribution in [0.5, 0.6) is 5.75 Å². The van der Waals surface area contributed by atoms with Crippen LogP contribution in [0.3, 0.4) is 0 Å². The monoisotopic (exact) mass is 396 g/mol. The molecule has 0 amide bonds. The van der Waals surface area contributed by atoms with Gasteiger partial charge < -0.3 is 9.84 Å². The predicted octanol–water partition coefficient (Wildman–Crippen LogP) is 6.15. The summed E-state index contributed by atoms with van der Waals surface area (Å²) in [5, 5.41) is 10.1. The number of phenolic OH excluding ortho intramolecular Hbond substituents is 1. The summed E-state index contributed by atoms with van der Waals surface area (Å²) in [7, 11) is 0. The van der Waals surface area contributed by atoms with Crippen LogP contribution in [-0.2, 0) is 16.0 Å². The number of benzene rings is 1. The summed E-state index contributed by atoms with van der Waals surface area (Å²) in [6.07, 6.45) is 11.9. The first-order chi connectivity index (χ1) is 14.0. The molecule has 0 aliphatic heterocycles. The molecule has 3 aliphatic carbocycles. The summed E-state index contributed by atoms with van der Waals surface area (Å²) in [5.41, 5.74) is 2.91. The molecule has 6 atom stereocenters. The Morgan fingerprint density at radius 2 is 2.14 bits per heavy atom. The molecule has 29 heavy (non-hydrogen) atoms. The highest BCUT2D eigenvalue weighted by Gasteiger charge is 2.58. The van der Waals surface area contributed by atoms with Crippen LogP contribution < -0.4 is 0 Å². The molecular formula is C26H36O3. The third-order valence-electron chi connectivity index (χ3n) is 8.40. The van der Waals surface area contributed by atoms with Crippen LogP contribution in [0.2, 0.25) is 0 Å². The lowest BCUT2D eigenvalue weighted by molar-refractivity contribution is -0.152. The van der Waals surface area contributed by atoms with Gasteiger partial charge in [0.05, 0.1) is 0 Å². The van der Waals surface area contributed by atoms with Crippen LogP contribution >= 0.6 is 0 Å². The number of carbonyl (C=O) groups is 1. The Morgan fingerprint density at radius 3 is 2.90 bits per heavy atom. The first-order valence-corrected chi connectivity index (χ1v) is 11.6. The van der Waals surface area contributed by atoms with Crippen LogP contribution in [0, 0.1) is 23.2 Å². The number of unbranched alkanes of at least 4 members (excludes halogenated alkanes) is 2. The number of hydrogen-bond donors (Lipinski definition) is 1. The molecule has 2 saturated carbocycles. The number of phenols is 1. The summed E-state index contributed by atoms with van der Waals surface area (Å²) in [6, 6.07) is 6.05. The van der Waals surface area contributed by atoms with Gasteiger partial charge in [0.2, 0.25) is 0 Å². The van der Waals surface area contributed by atoms with Crippen molar-refractivity contribution in [3.05, 3.63) is 42.0 Å². The molecule has 6 unspecified atom stereocenters. The van der Waals surface area contributed by atoms with E-state index in [0.717, 1.165) is 32.1 Å². The number of aromatic hydroxyl groups is 1. The van der Waals surface area contributed by atoms with Crippen molar-refractivity contribution < 1.29 is 14.6 Å². The van der Waals surface area contributed by atoms with Crippen molar-refractivity contribution in [1.82, 2.24) is 0 Å². The lowest BCUT2D eigenvalue weighted by Crippen LogP contribution is -2.48. The maximum atomic E-state index is 11.9. The summed E-state index contributed by atoms with van der Waals surface area (Å²) in [4.78, 5) is 11.9. The lowest BCUT2D eigenvalue weighted by atomic mass is 9.52. The molecule has 1 N–H and O–H groups in total. The molecule has 2 fully saturated rings. The van der Waals surface area contributed by atoms with E-state index < -0.39 is 0 Å². The summed E-state index contributed by atoms with van der Waals surface area (Å²) in [6.45, 7) is 8.23. The van der Waals surface area contributed by atoms with E-state index in [-0.39, 0.29) is 17.5 Å². The molecule has 0 bridgehead atoms. The third kappa shape index (κ3) is 3.62. The number of hydrogen-bond acceptors (Lipinski definition) is 3. The van der Waals surface area contributed by atoms with E-state index in [0.29, 0.717) is 29.4 Å². The van der Waals surface area contributed by atoms with Gasteiger partial charge in [-0.15, -0.1) is 0 Å². The fraction of sp³-hybridized carbons (Fsp3) is 0.654. The molecule has 158 valence electrons. The molecule has 0 saturated heterocycles. The molecule has 0 aromatic heterocycles. The fourth-order valence-electron chi connectivity index (χ4n) is 7.05. The number of esters is 1. The number of carbonyl (C=O) groups excluding carboxylic acids is 1. The number of ether oxygens (including phenoxy) is 1. The molecule has 3 aliphatic rings. The Hall–Kier alpha value is -1.77. The summed E-state index contributed by atoms with van der Waals surface area (Å²) in [5.74, 6) is 2.64. The average molecular weight is 397 g/mol. The van der Waals surface area contributed by atoms with Crippen LogP contribution in [0.1, 0.15) is 82.3 Å². The second-order valence-corrected chi connectivity index (χ2v) is 9.88. The van der Waals surface area contributed by atoms with Gasteiger partial charge in [0.25, 0.3) is 0 Å². The van der Waals surface area contributed by atoms with Crippen LogP contribution in [0.25, 0.3) is 0 Å². The van der Waals surface area contributed by atoms with Gasteiger partial charge in [-0.25, -0.2) is 4.79 Å². The minimum absolute atomic E-state index is 0.0245. The van der Waals surface area contributed by atoms with Crippen molar-refractivity contribution in [1.29, 1.82) is 0 Å². The standard InChI is InChI=1S/C26H36O3/c1-4-6-7-8-17-15-18-16-19(27)9-10-20(18)21-13-14-26(3)22(25(17)21)11-12-23(26)29-24(28)5-2/h5,9-10,16-17,21-23,25,27H,2,4,6-8,11-15H2,1,3H3. The van der Waals surface area contributed by atoms with Crippen LogP contribution in [0.4, 0.5) is 0 Å². The molecule has 3 heteroatoms. The maximum absolute atomic E-state index is 11.9. The highest BCUT2D eigenvalue weighted by molar-refractivity contribution is 5.81. The van der Waals surface area contributed by atoms with Gasteiger partial charge in [-0.3, -0.25) is 0 Å². The minimum Gasteiger partial charge on any atom is -0.508 e.